The number of tetrazole rings is 1. The average Bonchev–Trinajstić information content (AvgIpc) is 2.94. The molecule has 0 radical (unpaired) electrons. The molecule has 0 saturated heterocycles. The second-order valence-electron chi connectivity index (χ2n) is 4.15. The molecule has 2 aromatic rings. The zero-order valence-electron chi connectivity index (χ0n) is 10.1. The van der Waals surface area contributed by atoms with Gasteiger partial charge in [0.1, 0.15) is 0 Å². The smallest absolute Gasteiger partial charge is 0.240 e. The lowest BCUT2D eigenvalue weighted by Gasteiger charge is -2.06. The van der Waals surface area contributed by atoms with Crippen LogP contribution in [0.4, 0.5) is 0 Å². The van der Waals surface area contributed by atoms with Gasteiger partial charge in [0.25, 0.3) is 0 Å². The highest BCUT2D eigenvalue weighted by atomic mass is 16.3. The van der Waals surface area contributed by atoms with E-state index in [4.69, 9.17) is 4.42 Å². The van der Waals surface area contributed by atoms with Gasteiger partial charge < -0.3 is 9.73 Å². The first-order valence-electron chi connectivity index (χ1n) is 5.81. The van der Waals surface area contributed by atoms with Gasteiger partial charge in [-0.05, 0) is 30.3 Å². The number of nitrogens with one attached hydrogen (secondary N) is 1. The van der Waals surface area contributed by atoms with Crippen molar-refractivity contribution in [3.63, 3.8) is 0 Å². The minimum atomic E-state index is 0.511. The van der Waals surface area contributed by atoms with Crippen LogP contribution < -0.4 is 5.32 Å². The molecule has 0 saturated carbocycles. The summed E-state index contributed by atoms with van der Waals surface area (Å²) in [7, 11) is 0. The van der Waals surface area contributed by atoms with E-state index in [0.717, 1.165) is 19.5 Å². The van der Waals surface area contributed by atoms with Crippen LogP contribution in [0.15, 0.2) is 22.8 Å². The van der Waals surface area contributed by atoms with Crippen LogP contribution in [-0.4, -0.2) is 32.8 Å². The van der Waals surface area contributed by atoms with Crippen LogP contribution in [-0.2, 0) is 6.54 Å². The molecule has 0 aliphatic heterocycles. The number of aryl methyl sites for hydroxylation is 1. The van der Waals surface area contributed by atoms with Gasteiger partial charge >= 0.3 is 0 Å². The van der Waals surface area contributed by atoms with E-state index in [1.807, 2.05) is 12.1 Å². The summed E-state index contributed by atoms with van der Waals surface area (Å²) in [6.07, 6.45) is 2.58. The van der Waals surface area contributed by atoms with Crippen LogP contribution in [0.1, 0.15) is 20.3 Å². The SMILES string of the molecule is CC(C)NCCCn1nnc(-c2ccco2)n1. The van der Waals surface area contributed by atoms with E-state index in [9.17, 15) is 0 Å². The first-order chi connectivity index (χ1) is 8.25. The zero-order chi connectivity index (χ0) is 12.1. The molecule has 2 aromatic heterocycles. The van der Waals surface area contributed by atoms with Gasteiger partial charge in [0.15, 0.2) is 5.76 Å². The molecule has 0 bridgehead atoms. The molecule has 0 aliphatic rings. The molecular weight excluding hydrogens is 218 g/mol. The van der Waals surface area contributed by atoms with Gasteiger partial charge in [0, 0.05) is 6.04 Å². The number of rotatable bonds is 6. The Morgan fingerprint density at radius 1 is 1.47 bits per heavy atom. The quantitative estimate of drug-likeness (QED) is 0.765. The summed E-state index contributed by atoms with van der Waals surface area (Å²) in [5.41, 5.74) is 0. The van der Waals surface area contributed by atoms with Crippen molar-refractivity contribution in [1.29, 1.82) is 0 Å². The number of hydrogen-bond acceptors (Lipinski definition) is 5. The standard InChI is InChI=1S/C11H17N5O/c1-9(2)12-6-4-7-16-14-11(13-15-16)10-5-3-8-17-10/h3,5,8-9,12H,4,6-7H2,1-2H3. The molecule has 6 heteroatoms. The fraction of sp³-hybridized carbons (Fsp3) is 0.545. The van der Waals surface area contributed by atoms with Crippen molar-refractivity contribution >= 4 is 0 Å². The maximum Gasteiger partial charge on any atom is 0.240 e. The Labute approximate surface area is 100 Å². The van der Waals surface area contributed by atoms with Gasteiger partial charge in [0.05, 0.1) is 12.8 Å². The molecule has 6 nitrogen and oxygen atoms in total. The molecule has 0 spiro atoms. The Morgan fingerprint density at radius 3 is 3.06 bits per heavy atom. The molecule has 17 heavy (non-hydrogen) atoms. The van der Waals surface area contributed by atoms with E-state index in [-0.39, 0.29) is 0 Å². The lowest BCUT2D eigenvalue weighted by molar-refractivity contribution is 0.470. The third-order valence-corrected chi connectivity index (χ3v) is 2.28. The molecule has 0 fully saturated rings. The maximum absolute atomic E-state index is 5.20. The highest BCUT2D eigenvalue weighted by molar-refractivity contribution is 5.43. The summed E-state index contributed by atoms with van der Waals surface area (Å²) in [5, 5.41) is 15.5. The van der Waals surface area contributed by atoms with E-state index in [1.54, 1.807) is 11.1 Å². The van der Waals surface area contributed by atoms with Gasteiger partial charge in [0.2, 0.25) is 5.82 Å². The second kappa shape index (κ2) is 5.58. The van der Waals surface area contributed by atoms with Crippen LogP contribution in [0.25, 0.3) is 11.6 Å². The zero-order valence-corrected chi connectivity index (χ0v) is 10.1. The maximum atomic E-state index is 5.20. The summed E-state index contributed by atoms with van der Waals surface area (Å²) in [5.74, 6) is 1.18. The Hall–Kier alpha value is -1.69. The van der Waals surface area contributed by atoms with Crippen LogP contribution in [0.3, 0.4) is 0 Å². The normalized spacial score (nSPS) is 11.2. The third-order valence-electron chi connectivity index (χ3n) is 2.28. The van der Waals surface area contributed by atoms with Gasteiger partial charge in [-0.1, -0.05) is 13.8 Å². The predicted octanol–water partition coefficient (Wildman–Crippen LogP) is 1.32. The second-order valence-corrected chi connectivity index (χ2v) is 4.15. The van der Waals surface area contributed by atoms with E-state index in [0.29, 0.717) is 17.6 Å². The molecule has 0 aliphatic carbocycles. The number of furan rings is 1. The third kappa shape index (κ3) is 3.39. The fourth-order valence-electron chi connectivity index (χ4n) is 1.45. The molecule has 2 rings (SSSR count). The van der Waals surface area contributed by atoms with Crippen molar-refractivity contribution in [1.82, 2.24) is 25.5 Å². The molecular formula is C11H17N5O. The summed E-state index contributed by atoms with van der Waals surface area (Å²) in [4.78, 5) is 1.60. The first-order valence-corrected chi connectivity index (χ1v) is 5.81. The van der Waals surface area contributed by atoms with Crippen molar-refractivity contribution < 1.29 is 4.42 Å². The largest absolute Gasteiger partial charge is 0.461 e. The van der Waals surface area contributed by atoms with Crippen molar-refractivity contribution in [2.75, 3.05) is 6.54 Å². The molecule has 0 atom stereocenters. The highest BCUT2D eigenvalue weighted by Crippen LogP contribution is 2.12. The Kier molecular flexibility index (Phi) is 3.87. The Balaban J connectivity index is 1.83. The molecule has 92 valence electrons. The summed E-state index contributed by atoms with van der Waals surface area (Å²) >= 11 is 0. The molecule has 0 aromatic carbocycles. The highest BCUT2D eigenvalue weighted by Gasteiger charge is 2.07. The topological polar surface area (TPSA) is 68.8 Å². The lowest BCUT2D eigenvalue weighted by Crippen LogP contribution is -2.24. The van der Waals surface area contributed by atoms with Gasteiger partial charge in [-0.15, -0.1) is 10.2 Å². The van der Waals surface area contributed by atoms with Crippen molar-refractivity contribution in [3.05, 3.63) is 18.4 Å². The van der Waals surface area contributed by atoms with E-state index < -0.39 is 0 Å². The fourth-order valence-corrected chi connectivity index (χ4v) is 1.45. The van der Waals surface area contributed by atoms with Gasteiger partial charge in [-0.3, -0.25) is 0 Å². The molecule has 1 N–H and O–H groups in total. The first kappa shape index (κ1) is 11.8. The van der Waals surface area contributed by atoms with Crippen LogP contribution in [0.5, 0.6) is 0 Å². The van der Waals surface area contributed by atoms with Gasteiger partial charge in [-0.2, -0.15) is 4.80 Å². The van der Waals surface area contributed by atoms with E-state index >= 15 is 0 Å². The van der Waals surface area contributed by atoms with Crippen LogP contribution >= 0.6 is 0 Å². The lowest BCUT2D eigenvalue weighted by atomic mass is 10.3. The Morgan fingerprint density at radius 2 is 2.35 bits per heavy atom. The molecule has 0 unspecified atom stereocenters. The van der Waals surface area contributed by atoms with Crippen molar-refractivity contribution in [2.24, 2.45) is 0 Å². The number of nitrogens with zero attached hydrogens (tertiary/aromatic N) is 4. The minimum Gasteiger partial charge on any atom is -0.461 e. The average molecular weight is 235 g/mol. The van der Waals surface area contributed by atoms with Crippen LogP contribution in [0, 0.1) is 0 Å². The number of aromatic nitrogens is 4. The molecule has 0 amide bonds. The Bertz CT molecular complexity index is 434. The summed E-state index contributed by atoms with van der Waals surface area (Å²) < 4.78 is 5.20. The van der Waals surface area contributed by atoms with Crippen LogP contribution in [0.2, 0.25) is 0 Å². The van der Waals surface area contributed by atoms with Gasteiger partial charge in [-0.25, -0.2) is 0 Å². The van der Waals surface area contributed by atoms with E-state index in [2.05, 4.69) is 34.6 Å². The predicted molar refractivity (Wildman–Crippen MR) is 63.3 cm³/mol. The minimum absolute atomic E-state index is 0.511. The molecule has 2 heterocycles. The summed E-state index contributed by atoms with van der Waals surface area (Å²) in [6, 6.07) is 4.14. The summed E-state index contributed by atoms with van der Waals surface area (Å²) in [6.45, 7) is 5.97. The van der Waals surface area contributed by atoms with Crippen molar-refractivity contribution in [3.8, 4) is 11.6 Å². The number of hydrogen-bond donors (Lipinski definition) is 1. The monoisotopic (exact) mass is 235 g/mol. The van der Waals surface area contributed by atoms with E-state index in [1.165, 1.54) is 0 Å². The van der Waals surface area contributed by atoms with Crippen molar-refractivity contribution in [2.45, 2.75) is 32.9 Å².